The topological polar surface area (TPSA) is 40.6 Å². The molecular weight excluding hydrogens is 264 g/mol. The average Bonchev–Trinajstić information content (AvgIpc) is 2.49. The van der Waals surface area contributed by atoms with Crippen LogP contribution in [0.5, 0.6) is 0 Å². The Hall–Kier alpha value is -1.68. The van der Waals surface area contributed by atoms with E-state index in [1.807, 2.05) is 58.2 Å². The number of hydrogen-bond acceptors (Lipinski definition) is 3. The molecule has 0 saturated carbocycles. The van der Waals surface area contributed by atoms with Gasteiger partial charge in [-0.15, -0.1) is 0 Å². The van der Waals surface area contributed by atoms with Crippen molar-refractivity contribution in [2.45, 2.75) is 38.8 Å². The summed E-state index contributed by atoms with van der Waals surface area (Å²) in [6.07, 6.45) is 0.703. The van der Waals surface area contributed by atoms with E-state index in [0.29, 0.717) is 18.5 Å². The van der Waals surface area contributed by atoms with Gasteiger partial charge in [-0.05, 0) is 20.3 Å². The Kier molecular flexibility index (Phi) is 4.47. The highest BCUT2D eigenvalue weighted by atomic mass is 16.2. The maximum absolute atomic E-state index is 12.8. The van der Waals surface area contributed by atoms with Gasteiger partial charge in [0.15, 0.2) is 5.78 Å². The molecule has 0 aromatic heterocycles. The van der Waals surface area contributed by atoms with Crippen LogP contribution in [-0.4, -0.2) is 53.2 Å². The maximum Gasteiger partial charge on any atom is 0.242 e. The Morgan fingerprint density at radius 3 is 2.43 bits per heavy atom. The molecule has 21 heavy (non-hydrogen) atoms. The van der Waals surface area contributed by atoms with Crippen LogP contribution in [0.15, 0.2) is 30.3 Å². The molecule has 4 nitrogen and oxygen atoms in total. The molecule has 0 bridgehead atoms. The Morgan fingerprint density at radius 2 is 1.86 bits per heavy atom. The number of carbonyl (C=O) groups is 2. The lowest BCUT2D eigenvalue weighted by atomic mass is 9.91. The van der Waals surface area contributed by atoms with Crippen LogP contribution in [0.4, 0.5) is 0 Å². The third kappa shape index (κ3) is 2.86. The molecule has 1 aromatic carbocycles. The lowest BCUT2D eigenvalue weighted by Gasteiger charge is -2.47. The van der Waals surface area contributed by atoms with E-state index in [0.717, 1.165) is 6.54 Å². The van der Waals surface area contributed by atoms with Crippen LogP contribution in [0.3, 0.4) is 0 Å². The van der Waals surface area contributed by atoms with Crippen molar-refractivity contribution in [3.05, 3.63) is 35.9 Å². The zero-order valence-electron chi connectivity index (χ0n) is 13.3. The minimum Gasteiger partial charge on any atom is -0.343 e. The van der Waals surface area contributed by atoms with Crippen molar-refractivity contribution in [2.24, 2.45) is 0 Å². The largest absolute Gasteiger partial charge is 0.343 e. The molecule has 1 heterocycles. The van der Waals surface area contributed by atoms with Gasteiger partial charge in [-0.1, -0.05) is 37.3 Å². The number of hydrogen-bond donors (Lipinski definition) is 0. The van der Waals surface area contributed by atoms with E-state index in [1.54, 1.807) is 4.90 Å². The van der Waals surface area contributed by atoms with Gasteiger partial charge in [0.05, 0.1) is 11.6 Å². The molecule has 0 spiro atoms. The fourth-order valence-electron chi connectivity index (χ4n) is 3.12. The van der Waals surface area contributed by atoms with E-state index in [4.69, 9.17) is 0 Å². The molecule has 1 aliphatic rings. The number of amides is 1. The predicted molar refractivity (Wildman–Crippen MR) is 83.3 cm³/mol. The van der Waals surface area contributed by atoms with Crippen molar-refractivity contribution in [2.75, 3.05) is 20.1 Å². The molecule has 1 saturated heterocycles. The third-order valence-electron chi connectivity index (χ3n) is 4.39. The maximum atomic E-state index is 12.8. The number of likely N-dealkylation sites (N-methyl/N-ethyl adjacent to an activating group) is 1. The summed E-state index contributed by atoms with van der Waals surface area (Å²) in [5.41, 5.74) is 0.0736. The van der Waals surface area contributed by atoms with Gasteiger partial charge in [0.1, 0.15) is 0 Å². The Labute approximate surface area is 126 Å². The lowest BCUT2D eigenvalue weighted by Crippen LogP contribution is -2.65. The molecule has 1 atom stereocenters. The van der Waals surface area contributed by atoms with Crippen LogP contribution in [-0.2, 0) is 4.79 Å². The number of rotatable bonds is 4. The first-order chi connectivity index (χ1) is 9.89. The van der Waals surface area contributed by atoms with Crippen LogP contribution in [0.1, 0.15) is 37.6 Å². The summed E-state index contributed by atoms with van der Waals surface area (Å²) in [7, 11) is 1.82. The van der Waals surface area contributed by atoms with Crippen LogP contribution in [0, 0.1) is 0 Å². The monoisotopic (exact) mass is 288 g/mol. The second-order valence-electron chi connectivity index (χ2n) is 6.13. The summed E-state index contributed by atoms with van der Waals surface area (Å²) in [5, 5.41) is 0. The van der Waals surface area contributed by atoms with Gasteiger partial charge in [-0.3, -0.25) is 14.5 Å². The summed E-state index contributed by atoms with van der Waals surface area (Å²) in [6, 6.07) is 9.09. The molecule has 4 heteroatoms. The molecule has 1 aliphatic heterocycles. The summed E-state index contributed by atoms with van der Waals surface area (Å²) in [5.74, 6) is 0.177. The zero-order chi connectivity index (χ0) is 15.6. The fraction of sp³-hybridized carbons (Fsp3) is 0.529. The SMILES string of the molecule is CCC(C(=O)c1ccccc1)N1CCN(C)C(=O)C1(C)C. The molecule has 1 fully saturated rings. The Morgan fingerprint density at radius 1 is 1.24 bits per heavy atom. The van der Waals surface area contributed by atoms with E-state index in [9.17, 15) is 9.59 Å². The van der Waals surface area contributed by atoms with Gasteiger partial charge < -0.3 is 4.90 Å². The van der Waals surface area contributed by atoms with E-state index < -0.39 is 5.54 Å². The van der Waals surface area contributed by atoms with Gasteiger partial charge >= 0.3 is 0 Å². The Balaban J connectivity index is 2.29. The molecule has 0 N–H and O–H groups in total. The van der Waals surface area contributed by atoms with E-state index in [-0.39, 0.29) is 17.7 Å². The molecule has 1 unspecified atom stereocenters. The first kappa shape index (κ1) is 15.7. The number of ketones is 1. The van der Waals surface area contributed by atoms with Gasteiger partial charge in [0.25, 0.3) is 0 Å². The lowest BCUT2D eigenvalue weighted by molar-refractivity contribution is -0.148. The number of piperazine rings is 1. The summed E-state index contributed by atoms with van der Waals surface area (Å²) >= 11 is 0. The minimum atomic E-state index is -0.641. The minimum absolute atomic E-state index is 0.0769. The number of Topliss-reactive ketones (excluding diaryl/α,β-unsaturated/α-hetero) is 1. The highest BCUT2D eigenvalue weighted by Gasteiger charge is 2.44. The second-order valence-corrected chi connectivity index (χ2v) is 6.13. The van der Waals surface area contributed by atoms with Crippen molar-refractivity contribution in [3.63, 3.8) is 0 Å². The van der Waals surface area contributed by atoms with Crippen molar-refractivity contribution < 1.29 is 9.59 Å². The van der Waals surface area contributed by atoms with Crippen molar-refractivity contribution in [3.8, 4) is 0 Å². The first-order valence-corrected chi connectivity index (χ1v) is 7.51. The molecule has 114 valence electrons. The number of nitrogens with zero attached hydrogens (tertiary/aromatic N) is 2. The average molecular weight is 288 g/mol. The van der Waals surface area contributed by atoms with Gasteiger partial charge in [0.2, 0.25) is 5.91 Å². The van der Waals surface area contributed by atoms with Gasteiger partial charge in [-0.2, -0.15) is 0 Å². The van der Waals surface area contributed by atoms with Crippen LogP contribution in [0.2, 0.25) is 0 Å². The Bertz CT molecular complexity index is 525. The molecule has 0 radical (unpaired) electrons. The van der Waals surface area contributed by atoms with E-state index in [1.165, 1.54) is 0 Å². The fourth-order valence-corrected chi connectivity index (χ4v) is 3.12. The van der Waals surface area contributed by atoms with Gasteiger partial charge in [0, 0.05) is 25.7 Å². The van der Waals surface area contributed by atoms with Gasteiger partial charge in [-0.25, -0.2) is 0 Å². The van der Waals surface area contributed by atoms with Crippen LogP contribution in [0.25, 0.3) is 0 Å². The quantitative estimate of drug-likeness (QED) is 0.798. The third-order valence-corrected chi connectivity index (χ3v) is 4.39. The predicted octanol–water partition coefficient (Wildman–Crippen LogP) is 2.20. The highest BCUT2D eigenvalue weighted by molar-refractivity contribution is 6.00. The van der Waals surface area contributed by atoms with Crippen molar-refractivity contribution in [1.29, 1.82) is 0 Å². The molecule has 1 amide bonds. The van der Waals surface area contributed by atoms with Crippen molar-refractivity contribution >= 4 is 11.7 Å². The summed E-state index contributed by atoms with van der Waals surface area (Å²) < 4.78 is 0. The number of carbonyl (C=O) groups excluding carboxylic acids is 2. The first-order valence-electron chi connectivity index (χ1n) is 7.51. The second kappa shape index (κ2) is 5.98. The van der Waals surface area contributed by atoms with Crippen LogP contribution < -0.4 is 0 Å². The highest BCUT2D eigenvalue weighted by Crippen LogP contribution is 2.27. The van der Waals surface area contributed by atoms with E-state index in [2.05, 4.69) is 4.90 Å². The van der Waals surface area contributed by atoms with E-state index >= 15 is 0 Å². The summed E-state index contributed by atoms with van der Waals surface area (Å²) in [6.45, 7) is 7.22. The smallest absolute Gasteiger partial charge is 0.242 e. The normalized spacial score (nSPS) is 20.4. The standard InChI is InChI=1S/C17H24N2O2/c1-5-14(15(20)13-9-7-6-8-10-13)19-12-11-18(4)16(21)17(19,2)3/h6-10,14H,5,11-12H2,1-4H3. The van der Waals surface area contributed by atoms with Crippen LogP contribution >= 0.6 is 0 Å². The number of benzene rings is 1. The molecule has 2 rings (SSSR count). The molecular formula is C17H24N2O2. The van der Waals surface area contributed by atoms with Crippen molar-refractivity contribution in [1.82, 2.24) is 9.80 Å². The molecule has 1 aromatic rings. The summed E-state index contributed by atoms with van der Waals surface area (Å²) in [4.78, 5) is 29.0. The zero-order valence-corrected chi connectivity index (χ0v) is 13.3. The molecule has 0 aliphatic carbocycles.